The summed E-state index contributed by atoms with van der Waals surface area (Å²) in [7, 11) is 0. The van der Waals surface area contributed by atoms with E-state index in [0.717, 1.165) is 11.1 Å². The Balaban J connectivity index is 1.79. The topological polar surface area (TPSA) is 99.6 Å². The van der Waals surface area contributed by atoms with Crippen LogP contribution in [0.2, 0.25) is 5.15 Å². The van der Waals surface area contributed by atoms with E-state index in [9.17, 15) is 19.5 Å². The van der Waals surface area contributed by atoms with Crippen molar-refractivity contribution in [2.24, 2.45) is 5.92 Å². The largest absolute Gasteiger partial charge is 0.480 e. The van der Waals surface area contributed by atoms with Gasteiger partial charge in [-0.1, -0.05) is 67.9 Å². The zero-order chi connectivity index (χ0) is 24.7. The number of halogens is 1. The molecule has 1 atom stereocenters. The molecule has 3 aromatic rings. The lowest BCUT2D eigenvalue weighted by Gasteiger charge is -2.24. The van der Waals surface area contributed by atoms with Gasteiger partial charge < -0.3 is 15.3 Å². The zero-order valence-corrected chi connectivity index (χ0v) is 19.7. The maximum atomic E-state index is 13.3. The van der Waals surface area contributed by atoms with Gasteiger partial charge in [0.05, 0.1) is 5.56 Å². The molecule has 1 heterocycles. The molecule has 8 heteroatoms. The fourth-order valence-corrected chi connectivity index (χ4v) is 3.64. The maximum absolute atomic E-state index is 13.3. The van der Waals surface area contributed by atoms with E-state index in [-0.39, 0.29) is 23.5 Å². The van der Waals surface area contributed by atoms with Crippen LogP contribution in [0, 0.1) is 5.92 Å². The normalized spacial score (nSPS) is 11.6. The first-order valence-electron chi connectivity index (χ1n) is 10.8. The SMILES string of the molecule is CC(C)[C@H](NC(=O)c1ccc(CN(Cc2ccccc2)C(=O)c2cccnc2Cl)cc1)C(=O)O. The standard InChI is InChI=1S/C26H26ClN3O4/c1-17(2)22(26(33)34)29-24(31)20-12-10-19(11-13-20)16-30(15-18-7-4-3-5-8-18)25(32)21-9-6-14-28-23(21)27/h3-14,17,22H,15-16H2,1-2H3,(H,29,31)(H,33,34)/t22-/m0/s1. The summed E-state index contributed by atoms with van der Waals surface area (Å²) >= 11 is 6.17. The third-order valence-corrected chi connectivity index (χ3v) is 5.60. The third kappa shape index (κ3) is 6.42. The fraction of sp³-hybridized carbons (Fsp3) is 0.231. The van der Waals surface area contributed by atoms with Gasteiger partial charge in [-0.2, -0.15) is 0 Å². The van der Waals surface area contributed by atoms with Gasteiger partial charge in [-0.05, 0) is 41.3 Å². The van der Waals surface area contributed by atoms with Crippen molar-refractivity contribution in [2.45, 2.75) is 33.0 Å². The van der Waals surface area contributed by atoms with E-state index >= 15 is 0 Å². The number of nitrogens with zero attached hydrogens (tertiary/aromatic N) is 2. The first-order valence-corrected chi connectivity index (χ1v) is 11.2. The number of amides is 2. The summed E-state index contributed by atoms with van der Waals surface area (Å²) in [5, 5.41) is 12.0. The van der Waals surface area contributed by atoms with Crippen molar-refractivity contribution in [2.75, 3.05) is 0 Å². The molecule has 7 nitrogen and oxygen atoms in total. The zero-order valence-electron chi connectivity index (χ0n) is 18.9. The molecule has 0 bridgehead atoms. The predicted octanol–water partition coefficient (Wildman–Crippen LogP) is 4.42. The van der Waals surface area contributed by atoms with Crippen molar-refractivity contribution in [3.05, 3.63) is 100 Å². The predicted molar refractivity (Wildman–Crippen MR) is 129 cm³/mol. The molecular formula is C26H26ClN3O4. The van der Waals surface area contributed by atoms with Crippen molar-refractivity contribution in [1.29, 1.82) is 0 Å². The molecule has 2 amide bonds. The number of hydrogen-bond acceptors (Lipinski definition) is 4. The van der Waals surface area contributed by atoms with Crippen molar-refractivity contribution < 1.29 is 19.5 Å². The number of carbonyl (C=O) groups is 3. The Hall–Kier alpha value is -3.71. The van der Waals surface area contributed by atoms with Crippen molar-refractivity contribution >= 4 is 29.4 Å². The van der Waals surface area contributed by atoms with Crippen LogP contribution in [-0.4, -0.2) is 38.8 Å². The average Bonchev–Trinajstić information content (AvgIpc) is 2.82. The molecule has 0 fully saturated rings. The minimum atomic E-state index is -1.08. The van der Waals surface area contributed by atoms with Crippen LogP contribution in [0.5, 0.6) is 0 Å². The Morgan fingerprint density at radius 2 is 1.56 bits per heavy atom. The van der Waals surface area contributed by atoms with Crippen LogP contribution in [0.15, 0.2) is 72.9 Å². The highest BCUT2D eigenvalue weighted by atomic mass is 35.5. The number of nitrogens with one attached hydrogen (secondary N) is 1. The molecular weight excluding hydrogens is 454 g/mol. The van der Waals surface area contributed by atoms with E-state index < -0.39 is 17.9 Å². The Morgan fingerprint density at radius 3 is 2.12 bits per heavy atom. The molecule has 1 aromatic heterocycles. The molecule has 176 valence electrons. The van der Waals surface area contributed by atoms with Crippen molar-refractivity contribution in [1.82, 2.24) is 15.2 Å². The first-order chi connectivity index (χ1) is 16.3. The Kier molecular flexibility index (Phi) is 8.38. The van der Waals surface area contributed by atoms with Crippen molar-refractivity contribution in [3.63, 3.8) is 0 Å². The number of benzene rings is 2. The second-order valence-electron chi connectivity index (χ2n) is 8.22. The third-order valence-electron chi connectivity index (χ3n) is 5.30. The van der Waals surface area contributed by atoms with Gasteiger partial charge in [0.1, 0.15) is 11.2 Å². The minimum Gasteiger partial charge on any atom is -0.480 e. The molecule has 0 saturated carbocycles. The van der Waals surface area contributed by atoms with Gasteiger partial charge in [0.25, 0.3) is 11.8 Å². The summed E-state index contributed by atoms with van der Waals surface area (Å²) in [6.07, 6.45) is 1.53. The summed E-state index contributed by atoms with van der Waals surface area (Å²) < 4.78 is 0. The van der Waals surface area contributed by atoms with Gasteiger partial charge in [-0.15, -0.1) is 0 Å². The summed E-state index contributed by atoms with van der Waals surface area (Å²) in [4.78, 5) is 42.8. The van der Waals surface area contributed by atoms with Gasteiger partial charge in [-0.25, -0.2) is 9.78 Å². The molecule has 3 rings (SSSR count). The number of carboxylic acids is 1. The molecule has 2 aromatic carbocycles. The molecule has 0 aliphatic rings. The Morgan fingerprint density at radius 1 is 0.941 bits per heavy atom. The van der Waals surface area contributed by atoms with Crippen molar-refractivity contribution in [3.8, 4) is 0 Å². The second-order valence-corrected chi connectivity index (χ2v) is 8.58. The van der Waals surface area contributed by atoms with Crippen LogP contribution in [0.25, 0.3) is 0 Å². The minimum absolute atomic E-state index is 0.135. The molecule has 0 aliphatic heterocycles. The van der Waals surface area contributed by atoms with Gasteiger partial charge in [-0.3, -0.25) is 9.59 Å². The molecule has 0 aliphatic carbocycles. The lowest BCUT2D eigenvalue weighted by molar-refractivity contribution is -0.140. The lowest BCUT2D eigenvalue weighted by Crippen LogP contribution is -2.44. The van der Waals surface area contributed by atoms with Crippen LogP contribution in [0.1, 0.15) is 45.7 Å². The highest BCUT2D eigenvalue weighted by Gasteiger charge is 2.24. The van der Waals surface area contributed by atoms with Crippen LogP contribution in [0.3, 0.4) is 0 Å². The highest BCUT2D eigenvalue weighted by Crippen LogP contribution is 2.19. The van der Waals surface area contributed by atoms with E-state index in [0.29, 0.717) is 17.7 Å². The van der Waals surface area contributed by atoms with E-state index in [2.05, 4.69) is 10.3 Å². The molecule has 0 radical (unpaired) electrons. The summed E-state index contributed by atoms with van der Waals surface area (Å²) in [5.74, 6) is -2.06. The van der Waals surface area contributed by atoms with Crippen LogP contribution < -0.4 is 5.32 Å². The van der Waals surface area contributed by atoms with Gasteiger partial charge >= 0.3 is 5.97 Å². The molecule has 0 spiro atoms. The number of hydrogen-bond donors (Lipinski definition) is 2. The quantitative estimate of drug-likeness (QED) is 0.443. The Labute approximate surface area is 203 Å². The van der Waals surface area contributed by atoms with Crippen LogP contribution in [0.4, 0.5) is 0 Å². The average molecular weight is 480 g/mol. The van der Waals surface area contributed by atoms with E-state index in [1.807, 2.05) is 30.3 Å². The number of aliphatic carboxylic acids is 1. The smallest absolute Gasteiger partial charge is 0.326 e. The Bertz CT molecular complexity index is 1150. The molecule has 0 unspecified atom stereocenters. The summed E-state index contributed by atoms with van der Waals surface area (Å²) in [6, 6.07) is 18.6. The second kappa shape index (κ2) is 11.4. The van der Waals surface area contributed by atoms with E-state index in [4.69, 9.17) is 11.6 Å². The molecule has 2 N–H and O–H groups in total. The lowest BCUT2D eigenvalue weighted by atomic mass is 10.0. The monoisotopic (exact) mass is 479 g/mol. The van der Waals surface area contributed by atoms with E-state index in [1.165, 1.54) is 6.20 Å². The van der Waals surface area contributed by atoms with Crippen LogP contribution >= 0.6 is 11.6 Å². The van der Waals surface area contributed by atoms with E-state index in [1.54, 1.807) is 55.1 Å². The van der Waals surface area contributed by atoms with Crippen LogP contribution in [-0.2, 0) is 17.9 Å². The highest BCUT2D eigenvalue weighted by molar-refractivity contribution is 6.32. The molecule has 0 saturated heterocycles. The van der Waals surface area contributed by atoms with Gasteiger partial charge in [0.2, 0.25) is 0 Å². The summed E-state index contributed by atoms with van der Waals surface area (Å²) in [5.41, 5.74) is 2.41. The number of rotatable bonds is 9. The maximum Gasteiger partial charge on any atom is 0.326 e. The number of pyridine rings is 1. The molecule has 34 heavy (non-hydrogen) atoms. The number of carboxylic acid groups (broad SMARTS) is 1. The number of carbonyl (C=O) groups excluding carboxylic acids is 2. The fourth-order valence-electron chi connectivity index (χ4n) is 3.44. The summed E-state index contributed by atoms with van der Waals surface area (Å²) in [6.45, 7) is 4.11. The van der Waals surface area contributed by atoms with Gasteiger partial charge in [0, 0.05) is 24.8 Å². The number of aromatic nitrogens is 1. The first kappa shape index (κ1) is 24.9. The van der Waals surface area contributed by atoms with Gasteiger partial charge in [0.15, 0.2) is 0 Å².